The fourth-order valence-electron chi connectivity index (χ4n) is 3.73. The van der Waals surface area contributed by atoms with E-state index in [-0.39, 0.29) is 11.9 Å². The summed E-state index contributed by atoms with van der Waals surface area (Å²) in [7, 11) is 3.37. The van der Waals surface area contributed by atoms with Crippen LogP contribution < -0.4 is 15.8 Å². The number of amides is 1. The standard InChI is InChI=1S/C20H33BClN3O3/c1-12(19(21)26)8-13(2)25-6-4-14(5-7-25)11-24-20(27)15-9-16(22)17(23)10-18(15)28-3/h9-10,12-14,19,26H,4-8,11,21,23H2,1-3H3,(H,24,27). The van der Waals surface area contributed by atoms with E-state index in [0.29, 0.717) is 46.4 Å². The minimum absolute atomic E-state index is 0.194. The fraction of sp³-hybridized carbons (Fsp3) is 0.650. The molecule has 3 unspecified atom stereocenters. The van der Waals surface area contributed by atoms with Crippen molar-refractivity contribution in [2.75, 3.05) is 32.5 Å². The van der Waals surface area contributed by atoms with E-state index in [1.165, 1.54) is 7.11 Å². The molecule has 3 atom stereocenters. The number of halogens is 1. The first-order valence-electron chi connectivity index (χ1n) is 10.1. The van der Waals surface area contributed by atoms with Crippen molar-refractivity contribution in [3.05, 3.63) is 22.7 Å². The molecule has 0 radical (unpaired) electrons. The highest BCUT2D eigenvalue weighted by Crippen LogP contribution is 2.29. The lowest BCUT2D eigenvalue weighted by atomic mass is 9.84. The zero-order chi connectivity index (χ0) is 20.8. The van der Waals surface area contributed by atoms with Gasteiger partial charge in [0, 0.05) is 24.7 Å². The predicted molar refractivity (Wildman–Crippen MR) is 117 cm³/mol. The molecule has 156 valence electrons. The summed E-state index contributed by atoms with van der Waals surface area (Å²) in [6.07, 6.45) is 3.09. The molecule has 1 aliphatic rings. The molecule has 28 heavy (non-hydrogen) atoms. The van der Waals surface area contributed by atoms with Crippen LogP contribution in [-0.2, 0) is 0 Å². The van der Waals surface area contributed by atoms with Crippen LogP contribution in [0.4, 0.5) is 5.69 Å². The van der Waals surface area contributed by atoms with Gasteiger partial charge in [-0.05, 0) is 57.2 Å². The minimum atomic E-state index is -0.269. The summed E-state index contributed by atoms with van der Waals surface area (Å²) in [5.41, 5.74) is 6.57. The zero-order valence-corrected chi connectivity index (χ0v) is 18.1. The zero-order valence-electron chi connectivity index (χ0n) is 17.4. The van der Waals surface area contributed by atoms with Gasteiger partial charge in [-0.3, -0.25) is 4.79 Å². The Hall–Kier alpha value is -1.44. The Morgan fingerprint density at radius 3 is 2.64 bits per heavy atom. The summed E-state index contributed by atoms with van der Waals surface area (Å²) < 4.78 is 5.26. The first kappa shape index (κ1) is 22.8. The Balaban J connectivity index is 1.82. The van der Waals surface area contributed by atoms with Crippen molar-refractivity contribution in [3.63, 3.8) is 0 Å². The third-order valence-corrected chi connectivity index (χ3v) is 6.25. The van der Waals surface area contributed by atoms with Crippen LogP contribution in [0.2, 0.25) is 5.02 Å². The molecule has 2 rings (SSSR count). The highest BCUT2D eigenvalue weighted by atomic mass is 35.5. The Kier molecular flexibility index (Phi) is 8.46. The summed E-state index contributed by atoms with van der Waals surface area (Å²) >= 11 is 6.06. The Morgan fingerprint density at radius 2 is 2.07 bits per heavy atom. The lowest BCUT2D eigenvalue weighted by Gasteiger charge is -2.37. The number of piperidine rings is 1. The van der Waals surface area contributed by atoms with Gasteiger partial charge in [0.05, 0.1) is 23.4 Å². The molecular formula is C20H33BClN3O3. The van der Waals surface area contributed by atoms with Gasteiger partial charge in [0.25, 0.3) is 5.91 Å². The summed E-state index contributed by atoms with van der Waals surface area (Å²) in [5.74, 6) is 0.987. The van der Waals surface area contributed by atoms with Crippen molar-refractivity contribution >= 4 is 31.0 Å². The van der Waals surface area contributed by atoms with Gasteiger partial charge in [-0.25, -0.2) is 0 Å². The molecule has 0 aliphatic carbocycles. The number of nitrogens with one attached hydrogen (secondary N) is 1. The molecule has 8 heteroatoms. The van der Waals surface area contributed by atoms with E-state index >= 15 is 0 Å². The van der Waals surface area contributed by atoms with Crippen LogP contribution in [0.25, 0.3) is 0 Å². The maximum atomic E-state index is 12.6. The van der Waals surface area contributed by atoms with Crippen molar-refractivity contribution in [3.8, 4) is 5.75 Å². The molecule has 1 fully saturated rings. The number of methoxy groups -OCH3 is 1. The van der Waals surface area contributed by atoms with Crippen LogP contribution in [0.5, 0.6) is 5.75 Å². The number of hydrogen-bond acceptors (Lipinski definition) is 5. The summed E-state index contributed by atoms with van der Waals surface area (Å²) in [6.45, 7) is 7.01. The number of aliphatic hydroxyl groups excluding tert-OH is 1. The molecule has 4 N–H and O–H groups in total. The maximum Gasteiger partial charge on any atom is 0.255 e. The molecule has 0 spiro atoms. The van der Waals surface area contributed by atoms with Crippen molar-refractivity contribution in [1.82, 2.24) is 10.2 Å². The molecule has 1 amide bonds. The Labute approximate surface area is 174 Å². The fourth-order valence-corrected chi connectivity index (χ4v) is 3.89. The Morgan fingerprint density at radius 1 is 1.43 bits per heavy atom. The first-order valence-corrected chi connectivity index (χ1v) is 10.4. The predicted octanol–water partition coefficient (Wildman–Crippen LogP) is 1.74. The largest absolute Gasteiger partial charge is 0.496 e. The van der Waals surface area contributed by atoms with E-state index in [2.05, 4.69) is 24.1 Å². The molecule has 0 saturated carbocycles. The average Bonchev–Trinajstić information content (AvgIpc) is 2.67. The smallest absolute Gasteiger partial charge is 0.255 e. The van der Waals surface area contributed by atoms with Crippen LogP contribution in [0.15, 0.2) is 12.1 Å². The Bertz CT molecular complexity index is 666. The number of anilines is 1. The summed E-state index contributed by atoms with van der Waals surface area (Å²) in [4.78, 5) is 15.0. The van der Waals surface area contributed by atoms with Crippen LogP contribution in [0.1, 0.15) is 43.5 Å². The lowest BCUT2D eigenvalue weighted by Crippen LogP contribution is -2.43. The number of nitrogens with two attached hydrogens (primary N) is 1. The number of nitrogens with zero attached hydrogens (tertiary/aromatic N) is 1. The number of rotatable bonds is 8. The van der Waals surface area contributed by atoms with E-state index in [1.807, 2.05) is 7.85 Å². The molecule has 1 saturated heterocycles. The molecule has 1 aromatic carbocycles. The minimum Gasteiger partial charge on any atom is -0.496 e. The normalized spacial score (nSPS) is 19.0. The second-order valence-electron chi connectivity index (χ2n) is 8.07. The van der Waals surface area contributed by atoms with Gasteiger partial charge in [-0.15, -0.1) is 0 Å². The first-order chi connectivity index (χ1) is 13.2. The van der Waals surface area contributed by atoms with E-state index in [4.69, 9.17) is 22.1 Å². The number of nitrogen functional groups attached to an aromatic ring is 1. The van der Waals surface area contributed by atoms with Crippen LogP contribution in [0, 0.1) is 11.8 Å². The van der Waals surface area contributed by atoms with Gasteiger partial charge in [-0.1, -0.05) is 18.5 Å². The number of benzene rings is 1. The third kappa shape index (κ3) is 6.03. The van der Waals surface area contributed by atoms with Crippen molar-refractivity contribution < 1.29 is 14.6 Å². The molecule has 1 aromatic rings. The third-order valence-electron chi connectivity index (χ3n) is 5.92. The van der Waals surface area contributed by atoms with Gasteiger partial charge in [0.15, 0.2) is 0 Å². The molecule has 1 aliphatic heterocycles. The highest BCUT2D eigenvalue weighted by Gasteiger charge is 2.25. The topological polar surface area (TPSA) is 87.8 Å². The van der Waals surface area contributed by atoms with Crippen molar-refractivity contribution in [2.45, 2.75) is 45.2 Å². The second kappa shape index (κ2) is 10.4. The number of aliphatic hydroxyl groups is 1. The number of hydrogen-bond donors (Lipinski definition) is 3. The van der Waals surface area contributed by atoms with Gasteiger partial charge >= 0.3 is 0 Å². The lowest BCUT2D eigenvalue weighted by molar-refractivity contribution is 0.0901. The van der Waals surface area contributed by atoms with E-state index in [1.54, 1.807) is 12.1 Å². The monoisotopic (exact) mass is 409 g/mol. The van der Waals surface area contributed by atoms with E-state index < -0.39 is 0 Å². The summed E-state index contributed by atoms with van der Waals surface area (Å²) in [6, 6.07) is 3.32. The second-order valence-corrected chi connectivity index (χ2v) is 8.47. The van der Waals surface area contributed by atoms with Crippen LogP contribution in [-0.4, -0.2) is 62.5 Å². The maximum absolute atomic E-state index is 12.6. The van der Waals surface area contributed by atoms with Gasteiger partial charge < -0.3 is 25.8 Å². The van der Waals surface area contributed by atoms with Crippen molar-refractivity contribution in [1.29, 1.82) is 0 Å². The van der Waals surface area contributed by atoms with Crippen LogP contribution >= 0.6 is 11.6 Å². The quantitative estimate of drug-likeness (QED) is 0.449. The average molecular weight is 410 g/mol. The molecular weight excluding hydrogens is 377 g/mol. The van der Waals surface area contributed by atoms with Gasteiger partial charge in [-0.2, -0.15) is 0 Å². The number of carbonyl (C=O) groups excluding carboxylic acids is 1. The number of carbonyl (C=O) groups is 1. The number of likely N-dealkylation sites (tertiary alicyclic amines) is 1. The van der Waals surface area contributed by atoms with Gasteiger partial charge in [0.2, 0.25) is 0 Å². The molecule has 6 nitrogen and oxygen atoms in total. The molecule has 0 aromatic heterocycles. The molecule has 0 bridgehead atoms. The summed E-state index contributed by atoms with van der Waals surface area (Å²) in [5, 5.41) is 13.1. The number of ether oxygens (including phenoxy) is 1. The molecule has 1 heterocycles. The van der Waals surface area contributed by atoms with Crippen LogP contribution in [0.3, 0.4) is 0 Å². The van der Waals surface area contributed by atoms with Crippen molar-refractivity contribution in [2.24, 2.45) is 11.8 Å². The SMILES string of the molecule is BC(O)C(C)CC(C)N1CCC(CNC(=O)c2cc(Cl)c(N)cc2OC)CC1. The van der Waals surface area contributed by atoms with E-state index in [0.717, 1.165) is 32.4 Å². The highest BCUT2D eigenvalue weighted by molar-refractivity contribution is 6.33. The van der Waals surface area contributed by atoms with E-state index in [9.17, 15) is 9.90 Å². The van der Waals surface area contributed by atoms with Gasteiger partial charge in [0.1, 0.15) is 13.6 Å².